The summed E-state index contributed by atoms with van der Waals surface area (Å²) in [6.45, 7) is 3.00. The third-order valence-electron chi connectivity index (χ3n) is 2.93. The smallest absolute Gasteiger partial charge is 0.301 e. The Balaban J connectivity index is 6.05. The highest BCUT2D eigenvalue weighted by Crippen LogP contribution is 2.30. The van der Waals surface area contributed by atoms with Gasteiger partial charge in [0.15, 0.2) is 0 Å². The Bertz CT molecular complexity index is 325. The predicted octanol–water partition coefficient (Wildman–Crippen LogP) is -1.55. The van der Waals surface area contributed by atoms with Crippen molar-refractivity contribution < 1.29 is 28.3 Å². The third-order valence-corrected chi connectivity index (χ3v) is 4.55. The van der Waals surface area contributed by atoms with E-state index in [2.05, 4.69) is 0 Å². The maximum absolute atomic E-state index is 11.7. The lowest BCUT2D eigenvalue weighted by atomic mass is 10.2. The van der Waals surface area contributed by atoms with Crippen molar-refractivity contribution in [2.45, 2.75) is 31.9 Å². The lowest BCUT2D eigenvalue weighted by molar-refractivity contribution is -0.125. The largest absolute Gasteiger partial charge is 0.389 e. The van der Waals surface area contributed by atoms with E-state index >= 15 is 0 Å². The first-order chi connectivity index (χ1) is 8.23. The van der Waals surface area contributed by atoms with Gasteiger partial charge in [0.1, 0.15) is 6.10 Å². The number of aliphatic hydroxyl groups excluding tert-OH is 3. The molecule has 110 valence electrons. The zero-order valence-corrected chi connectivity index (χ0v) is 11.6. The molecular formula is C9H22N2O6S. The minimum atomic E-state index is -4.79. The molecule has 0 amide bonds. The quantitative estimate of drug-likeness (QED) is 0.313. The summed E-state index contributed by atoms with van der Waals surface area (Å²) in [5, 5.41) is 28.3. The topological polar surface area (TPSA) is 122 Å². The summed E-state index contributed by atoms with van der Waals surface area (Å²) in [4.78, 5) is -0.348. The molecule has 1 unspecified atom stereocenters. The molecule has 0 bridgehead atoms. The van der Waals surface area contributed by atoms with Crippen LogP contribution in [0.5, 0.6) is 0 Å². The van der Waals surface area contributed by atoms with Gasteiger partial charge in [0.25, 0.3) is 0 Å². The molecular weight excluding hydrogens is 264 g/mol. The second kappa shape index (κ2) is 6.75. The minimum absolute atomic E-state index is 0.0533. The molecule has 1 atom stereocenters. The fraction of sp³-hybridized carbons (Fsp3) is 1.00. The van der Waals surface area contributed by atoms with Crippen molar-refractivity contribution in [2.24, 2.45) is 0 Å². The van der Waals surface area contributed by atoms with Crippen molar-refractivity contribution in [3.05, 3.63) is 0 Å². The number of aliphatic hydroxyl groups is 3. The van der Waals surface area contributed by atoms with Crippen LogP contribution in [0.1, 0.15) is 20.8 Å². The van der Waals surface area contributed by atoms with E-state index in [-0.39, 0.29) is 13.1 Å². The van der Waals surface area contributed by atoms with Crippen LogP contribution in [0.2, 0.25) is 0 Å². The first kappa shape index (κ1) is 17.7. The highest BCUT2D eigenvalue weighted by atomic mass is 32.2. The van der Waals surface area contributed by atoms with Gasteiger partial charge in [-0.1, -0.05) is 13.8 Å². The first-order valence-electron chi connectivity index (χ1n) is 5.60. The zero-order chi connectivity index (χ0) is 14.6. The van der Waals surface area contributed by atoms with E-state index in [0.29, 0.717) is 0 Å². The van der Waals surface area contributed by atoms with Gasteiger partial charge in [-0.2, -0.15) is 8.42 Å². The molecule has 0 fully saturated rings. The first-order valence-corrected chi connectivity index (χ1v) is 7.04. The molecule has 9 heteroatoms. The lowest BCUT2D eigenvalue weighted by Gasteiger charge is -2.47. The van der Waals surface area contributed by atoms with Gasteiger partial charge >= 0.3 is 10.1 Å². The molecule has 0 saturated heterocycles. The number of hydrogen-bond acceptors (Lipinski definition) is 7. The van der Waals surface area contributed by atoms with Crippen LogP contribution in [-0.4, -0.2) is 75.7 Å². The summed E-state index contributed by atoms with van der Waals surface area (Å²) in [6.07, 6.45) is -1.55. The van der Waals surface area contributed by atoms with Gasteiger partial charge in [-0.3, -0.25) is 4.55 Å². The Hall–Kier alpha value is -0.290. The second-order valence-electron chi connectivity index (χ2n) is 3.80. The highest BCUT2D eigenvalue weighted by molar-refractivity contribution is 7.87. The van der Waals surface area contributed by atoms with Crippen LogP contribution in [0.3, 0.4) is 0 Å². The molecule has 0 heterocycles. The molecule has 0 rings (SSSR count). The van der Waals surface area contributed by atoms with E-state index < -0.39 is 34.7 Å². The Morgan fingerprint density at radius 1 is 1.11 bits per heavy atom. The van der Waals surface area contributed by atoms with E-state index in [0.717, 1.165) is 9.80 Å². The molecule has 0 radical (unpaired) electrons. The molecule has 4 N–H and O–H groups in total. The van der Waals surface area contributed by atoms with Gasteiger partial charge in [-0.05, 0) is 6.92 Å². The van der Waals surface area contributed by atoms with Crippen molar-refractivity contribution >= 4 is 10.1 Å². The van der Waals surface area contributed by atoms with E-state index in [4.69, 9.17) is 0 Å². The SMILES string of the molecule is CCN(CO)C(C(C)O)(N(CC)CO)S(=O)(=O)O. The summed E-state index contributed by atoms with van der Waals surface area (Å²) < 4.78 is 32.9. The van der Waals surface area contributed by atoms with E-state index in [9.17, 15) is 28.3 Å². The molecule has 0 aliphatic carbocycles. The summed E-state index contributed by atoms with van der Waals surface area (Å²) in [5.74, 6) is 0. The van der Waals surface area contributed by atoms with Crippen molar-refractivity contribution in [3.8, 4) is 0 Å². The fourth-order valence-corrected chi connectivity index (χ4v) is 3.58. The zero-order valence-electron chi connectivity index (χ0n) is 10.8. The molecule has 8 nitrogen and oxygen atoms in total. The molecule has 0 spiro atoms. The van der Waals surface area contributed by atoms with Gasteiger partial charge in [0.05, 0.1) is 13.5 Å². The summed E-state index contributed by atoms with van der Waals surface area (Å²) in [7, 11) is -4.79. The predicted molar refractivity (Wildman–Crippen MR) is 64.9 cm³/mol. The number of nitrogens with zero attached hydrogens (tertiary/aromatic N) is 2. The molecule has 18 heavy (non-hydrogen) atoms. The van der Waals surface area contributed by atoms with Gasteiger partial charge < -0.3 is 15.3 Å². The van der Waals surface area contributed by atoms with Gasteiger partial charge in [0.2, 0.25) is 4.99 Å². The lowest BCUT2D eigenvalue weighted by Crippen LogP contribution is -2.70. The molecule has 0 aromatic rings. The van der Waals surface area contributed by atoms with Gasteiger partial charge in [0, 0.05) is 13.1 Å². The second-order valence-corrected chi connectivity index (χ2v) is 5.36. The maximum Gasteiger partial charge on any atom is 0.301 e. The minimum Gasteiger partial charge on any atom is -0.389 e. The van der Waals surface area contributed by atoms with Crippen LogP contribution in [0.4, 0.5) is 0 Å². The van der Waals surface area contributed by atoms with Gasteiger partial charge in [-0.15, -0.1) is 0 Å². The summed E-state index contributed by atoms with van der Waals surface area (Å²) in [5.41, 5.74) is 0. The van der Waals surface area contributed by atoms with Crippen LogP contribution in [0.25, 0.3) is 0 Å². The number of hydrogen-bond donors (Lipinski definition) is 4. The number of rotatable bonds is 8. The Labute approximate surface area is 107 Å². The molecule has 0 aromatic heterocycles. The van der Waals surface area contributed by atoms with Crippen LogP contribution in [0, 0.1) is 0 Å². The Morgan fingerprint density at radius 2 is 1.44 bits per heavy atom. The normalized spacial score (nSPS) is 15.4. The van der Waals surface area contributed by atoms with Crippen LogP contribution in [0.15, 0.2) is 0 Å². The van der Waals surface area contributed by atoms with Crippen LogP contribution in [-0.2, 0) is 10.1 Å². The third kappa shape index (κ3) is 2.82. The molecule has 0 aromatic carbocycles. The van der Waals surface area contributed by atoms with Crippen molar-refractivity contribution in [1.82, 2.24) is 9.80 Å². The molecule has 0 aliphatic rings. The number of likely N-dealkylation sites (N-methyl/N-ethyl adjacent to an activating group) is 2. The average molecular weight is 286 g/mol. The molecule has 0 saturated carbocycles. The van der Waals surface area contributed by atoms with E-state index in [1.165, 1.54) is 6.92 Å². The molecule has 0 aliphatic heterocycles. The van der Waals surface area contributed by atoms with Crippen molar-refractivity contribution in [3.63, 3.8) is 0 Å². The fourth-order valence-electron chi connectivity index (χ4n) is 2.13. The Morgan fingerprint density at radius 3 is 1.56 bits per heavy atom. The van der Waals surface area contributed by atoms with Crippen LogP contribution >= 0.6 is 0 Å². The van der Waals surface area contributed by atoms with Crippen molar-refractivity contribution in [1.29, 1.82) is 0 Å². The maximum atomic E-state index is 11.7. The summed E-state index contributed by atoms with van der Waals surface area (Å²) in [6, 6.07) is 0. The Kier molecular flexibility index (Phi) is 6.65. The standard InChI is InChI=1S/C9H22N2O6S/c1-4-10(6-12)9(8(3)14,18(15,16)17)11(5-2)7-13/h8,12-14H,4-7H2,1-3H3,(H,15,16,17). The highest BCUT2D eigenvalue weighted by Gasteiger charge is 2.56. The van der Waals surface area contributed by atoms with Crippen molar-refractivity contribution in [2.75, 3.05) is 26.6 Å². The van der Waals surface area contributed by atoms with Gasteiger partial charge in [-0.25, -0.2) is 9.80 Å². The van der Waals surface area contributed by atoms with E-state index in [1.807, 2.05) is 0 Å². The van der Waals surface area contributed by atoms with E-state index in [1.54, 1.807) is 13.8 Å². The monoisotopic (exact) mass is 286 g/mol. The average Bonchev–Trinajstić information content (AvgIpc) is 2.27. The van der Waals surface area contributed by atoms with Crippen LogP contribution < -0.4 is 0 Å². The summed E-state index contributed by atoms with van der Waals surface area (Å²) >= 11 is 0.